The number of ether oxygens (including phenoxy) is 1. The molecular formula is C15H10F3NO3. The van der Waals surface area contributed by atoms with E-state index in [1.807, 2.05) is 0 Å². The van der Waals surface area contributed by atoms with Crippen molar-refractivity contribution in [1.29, 1.82) is 0 Å². The number of halogens is 3. The van der Waals surface area contributed by atoms with Gasteiger partial charge < -0.3 is 10.1 Å². The first-order valence-electron chi connectivity index (χ1n) is 6.12. The molecule has 2 aromatic rings. The highest BCUT2D eigenvalue weighted by Crippen LogP contribution is 2.22. The number of carbonyl (C=O) groups is 2. The van der Waals surface area contributed by atoms with Crippen molar-refractivity contribution in [2.45, 2.75) is 6.36 Å². The number of carbonyl (C=O) groups excluding carboxylic acids is 2. The molecule has 4 nitrogen and oxygen atoms in total. The minimum atomic E-state index is -4.81. The third-order valence-electron chi connectivity index (χ3n) is 2.59. The Balaban J connectivity index is 2.05. The third-order valence-corrected chi connectivity index (χ3v) is 2.59. The molecule has 2 aromatic carbocycles. The second-order valence-corrected chi connectivity index (χ2v) is 4.22. The molecule has 2 rings (SSSR count). The van der Waals surface area contributed by atoms with Crippen molar-refractivity contribution < 1.29 is 27.5 Å². The van der Waals surface area contributed by atoms with E-state index in [2.05, 4.69) is 10.1 Å². The van der Waals surface area contributed by atoms with E-state index in [9.17, 15) is 22.8 Å². The molecule has 1 amide bonds. The van der Waals surface area contributed by atoms with E-state index in [1.165, 1.54) is 0 Å². The number of nitrogens with one attached hydrogen (secondary N) is 1. The summed E-state index contributed by atoms with van der Waals surface area (Å²) in [6.07, 6.45) is -4.81. The van der Waals surface area contributed by atoms with Crippen LogP contribution < -0.4 is 10.1 Å². The zero-order valence-electron chi connectivity index (χ0n) is 11.1. The predicted octanol–water partition coefficient (Wildman–Crippen LogP) is 3.41. The third kappa shape index (κ3) is 4.34. The van der Waals surface area contributed by atoms with Gasteiger partial charge in [-0.3, -0.25) is 9.59 Å². The van der Waals surface area contributed by atoms with Crippen molar-refractivity contribution >= 4 is 17.4 Å². The first-order valence-corrected chi connectivity index (χ1v) is 6.12. The Morgan fingerprint density at radius 3 is 2.05 bits per heavy atom. The maximum Gasteiger partial charge on any atom is 0.573 e. The van der Waals surface area contributed by atoms with Gasteiger partial charge in [0.25, 0.3) is 11.7 Å². The SMILES string of the molecule is O=C(Nc1ccccc1)C(=O)c1ccc(OC(F)(F)F)cc1. The van der Waals surface area contributed by atoms with Crippen molar-refractivity contribution in [3.8, 4) is 5.75 Å². The minimum Gasteiger partial charge on any atom is -0.406 e. The van der Waals surface area contributed by atoms with Gasteiger partial charge in [-0.25, -0.2) is 0 Å². The van der Waals surface area contributed by atoms with Crippen LogP contribution in [0.2, 0.25) is 0 Å². The Morgan fingerprint density at radius 2 is 1.50 bits per heavy atom. The average molecular weight is 309 g/mol. The fourth-order valence-electron chi connectivity index (χ4n) is 1.65. The summed E-state index contributed by atoms with van der Waals surface area (Å²) in [5, 5.41) is 2.39. The topological polar surface area (TPSA) is 55.4 Å². The highest BCUT2D eigenvalue weighted by Gasteiger charge is 2.31. The van der Waals surface area contributed by atoms with Gasteiger partial charge in [0.05, 0.1) is 0 Å². The lowest BCUT2D eigenvalue weighted by atomic mass is 10.1. The maximum absolute atomic E-state index is 12.0. The van der Waals surface area contributed by atoms with Gasteiger partial charge in [-0.05, 0) is 36.4 Å². The first kappa shape index (κ1) is 15.6. The van der Waals surface area contributed by atoms with Gasteiger partial charge in [0.1, 0.15) is 5.75 Å². The molecule has 1 N–H and O–H groups in total. The molecular weight excluding hydrogens is 299 g/mol. The van der Waals surface area contributed by atoms with Crippen LogP contribution in [0.1, 0.15) is 10.4 Å². The largest absolute Gasteiger partial charge is 0.573 e. The summed E-state index contributed by atoms with van der Waals surface area (Å²) in [5.41, 5.74) is 0.404. The van der Waals surface area contributed by atoms with Crippen LogP contribution >= 0.6 is 0 Å². The number of Topliss-reactive ketones (excluding diaryl/α,β-unsaturated/α-hetero) is 1. The van der Waals surface area contributed by atoms with Crippen LogP contribution in [0.15, 0.2) is 54.6 Å². The van der Waals surface area contributed by atoms with Gasteiger partial charge in [-0.1, -0.05) is 18.2 Å². The lowest BCUT2D eigenvalue weighted by Crippen LogP contribution is -2.23. The molecule has 0 atom stereocenters. The Morgan fingerprint density at radius 1 is 0.909 bits per heavy atom. The smallest absolute Gasteiger partial charge is 0.406 e. The number of hydrogen-bond acceptors (Lipinski definition) is 3. The molecule has 0 bridgehead atoms. The summed E-state index contributed by atoms with van der Waals surface area (Å²) >= 11 is 0. The molecule has 0 saturated carbocycles. The number of para-hydroxylation sites is 1. The Bertz CT molecular complexity index is 667. The average Bonchev–Trinajstić information content (AvgIpc) is 2.46. The van der Waals surface area contributed by atoms with E-state index in [4.69, 9.17) is 0 Å². The Labute approximate surface area is 123 Å². The Kier molecular flexibility index (Phi) is 4.45. The molecule has 7 heteroatoms. The minimum absolute atomic E-state index is 0.0389. The summed E-state index contributed by atoms with van der Waals surface area (Å²) in [4.78, 5) is 23.6. The molecule has 22 heavy (non-hydrogen) atoms. The van der Waals surface area contributed by atoms with Crippen molar-refractivity contribution in [2.75, 3.05) is 5.32 Å². The summed E-state index contributed by atoms with van der Waals surface area (Å²) in [5.74, 6) is -2.20. The normalized spacial score (nSPS) is 10.9. The van der Waals surface area contributed by atoms with Crippen molar-refractivity contribution in [3.05, 3.63) is 60.2 Å². The van der Waals surface area contributed by atoms with Crippen LogP contribution in [-0.4, -0.2) is 18.1 Å². The lowest BCUT2D eigenvalue weighted by molar-refractivity contribution is -0.274. The summed E-state index contributed by atoms with van der Waals surface area (Å²) in [6, 6.07) is 12.4. The summed E-state index contributed by atoms with van der Waals surface area (Å²) < 4.78 is 39.7. The molecule has 0 saturated heterocycles. The molecule has 0 heterocycles. The summed E-state index contributed by atoms with van der Waals surface area (Å²) in [7, 11) is 0. The molecule has 0 radical (unpaired) electrons. The van der Waals surface area contributed by atoms with Gasteiger partial charge in [0.2, 0.25) is 0 Å². The highest BCUT2D eigenvalue weighted by atomic mass is 19.4. The second kappa shape index (κ2) is 6.30. The zero-order chi connectivity index (χ0) is 16.2. The summed E-state index contributed by atoms with van der Waals surface area (Å²) in [6.45, 7) is 0. The van der Waals surface area contributed by atoms with Gasteiger partial charge in [0.15, 0.2) is 0 Å². The van der Waals surface area contributed by atoms with Crippen LogP contribution in [0.3, 0.4) is 0 Å². The first-order chi connectivity index (χ1) is 10.3. The molecule has 114 valence electrons. The van der Waals surface area contributed by atoms with Gasteiger partial charge in [-0.2, -0.15) is 0 Å². The van der Waals surface area contributed by atoms with Gasteiger partial charge >= 0.3 is 6.36 Å². The van der Waals surface area contributed by atoms with E-state index in [-0.39, 0.29) is 5.56 Å². The number of ketones is 1. The fourth-order valence-corrected chi connectivity index (χ4v) is 1.65. The molecule has 0 spiro atoms. The molecule has 0 fully saturated rings. The number of amides is 1. The van der Waals surface area contributed by atoms with Crippen molar-refractivity contribution in [3.63, 3.8) is 0 Å². The van der Waals surface area contributed by atoms with Crippen LogP contribution in [0.25, 0.3) is 0 Å². The molecule has 0 aliphatic heterocycles. The number of hydrogen-bond donors (Lipinski definition) is 1. The zero-order valence-corrected chi connectivity index (χ0v) is 11.1. The lowest BCUT2D eigenvalue weighted by Gasteiger charge is -2.09. The molecule has 0 aliphatic rings. The van der Waals surface area contributed by atoms with Crippen molar-refractivity contribution in [2.24, 2.45) is 0 Å². The van der Waals surface area contributed by atoms with Crippen LogP contribution in [0, 0.1) is 0 Å². The Hall–Kier alpha value is -2.83. The molecule has 0 aromatic heterocycles. The standard InChI is InChI=1S/C15H10F3NO3/c16-15(17,18)22-12-8-6-10(7-9-12)13(20)14(21)19-11-4-2-1-3-5-11/h1-9H,(H,19,21). The van der Waals surface area contributed by atoms with Crippen LogP contribution in [0.5, 0.6) is 5.75 Å². The highest BCUT2D eigenvalue weighted by molar-refractivity contribution is 6.46. The quantitative estimate of drug-likeness (QED) is 0.695. The molecule has 0 aliphatic carbocycles. The van der Waals surface area contributed by atoms with Crippen LogP contribution in [-0.2, 0) is 4.79 Å². The monoisotopic (exact) mass is 309 g/mol. The van der Waals surface area contributed by atoms with Gasteiger partial charge in [0, 0.05) is 11.3 Å². The molecule has 0 unspecified atom stereocenters. The maximum atomic E-state index is 12.0. The van der Waals surface area contributed by atoms with E-state index in [0.29, 0.717) is 5.69 Å². The van der Waals surface area contributed by atoms with E-state index >= 15 is 0 Å². The predicted molar refractivity (Wildman–Crippen MR) is 72.5 cm³/mol. The van der Waals surface area contributed by atoms with E-state index in [0.717, 1.165) is 24.3 Å². The number of rotatable bonds is 4. The van der Waals surface area contributed by atoms with Crippen LogP contribution in [0.4, 0.5) is 18.9 Å². The van der Waals surface area contributed by atoms with E-state index < -0.39 is 23.8 Å². The fraction of sp³-hybridized carbons (Fsp3) is 0.0667. The van der Waals surface area contributed by atoms with E-state index in [1.54, 1.807) is 30.3 Å². The number of alkyl halides is 3. The second-order valence-electron chi connectivity index (χ2n) is 4.22. The van der Waals surface area contributed by atoms with Crippen molar-refractivity contribution in [1.82, 2.24) is 0 Å². The number of benzene rings is 2. The van der Waals surface area contributed by atoms with Gasteiger partial charge in [-0.15, -0.1) is 13.2 Å². The number of anilines is 1.